The maximum atomic E-state index is 5.13. The number of hydrogen-bond donors (Lipinski definition) is 0. The lowest BCUT2D eigenvalue weighted by atomic mass is 10.9. The van der Waals surface area contributed by atoms with Crippen molar-refractivity contribution < 1.29 is 4.43 Å². The summed E-state index contributed by atoms with van der Waals surface area (Å²) in [6, 6.07) is 0. The van der Waals surface area contributed by atoms with Gasteiger partial charge >= 0.3 is 0 Å². The van der Waals surface area contributed by atoms with Crippen molar-refractivity contribution in [2.45, 2.75) is 14.4 Å². The van der Waals surface area contributed by atoms with Crippen LogP contribution >= 0.6 is 8.13 Å². The van der Waals surface area contributed by atoms with Gasteiger partial charge in [0, 0.05) is 6.61 Å². The molecule has 0 aromatic rings. The summed E-state index contributed by atoms with van der Waals surface area (Å²) < 4.78 is 5.13. The second-order valence-electron chi connectivity index (χ2n) is 0.991. The van der Waals surface area contributed by atoms with Crippen molar-refractivity contribution in [1.82, 2.24) is 0 Å². The van der Waals surface area contributed by atoms with E-state index in [1.807, 2.05) is 6.92 Å². The van der Waals surface area contributed by atoms with Gasteiger partial charge in [-0.3, -0.25) is 0 Å². The van der Waals surface area contributed by atoms with E-state index in [9.17, 15) is 0 Å². The van der Waals surface area contributed by atoms with Gasteiger partial charge in [0.05, 0.1) is 0 Å². The fourth-order valence-corrected chi connectivity index (χ4v) is 1.84. The van der Waals surface area contributed by atoms with Gasteiger partial charge in [0.15, 0.2) is 9.43 Å². The Morgan fingerprint density at radius 2 is 2.29 bits per heavy atom. The van der Waals surface area contributed by atoms with E-state index in [-0.39, 0.29) is 16.9 Å². The van der Waals surface area contributed by atoms with Crippen LogP contribution in [0.4, 0.5) is 0 Å². The monoisotopic (exact) mass is 138 g/mol. The van der Waals surface area contributed by atoms with Gasteiger partial charge < -0.3 is 4.43 Å². The summed E-state index contributed by atoms with van der Waals surface area (Å²) in [6.07, 6.45) is 0. The van der Waals surface area contributed by atoms with Crippen molar-refractivity contribution in [1.29, 1.82) is 0 Å². The third kappa shape index (κ3) is 10.8. The standard InChI is InChI=1S/C3H11OPSi.CH4/c1-3-4-6-5-2;/h5H,3,6H2,1-2H3;1H4. The lowest BCUT2D eigenvalue weighted by molar-refractivity contribution is 0.371. The number of rotatable bonds is 3. The van der Waals surface area contributed by atoms with Crippen LogP contribution in [0.3, 0.4) is 0 Å². The summed E-state index contributed by atoms with van der Waals surface area (Å²) in [6.45, 7) is 5.17. The normalized spacial score (nSPS) is 11.1. The topological polar surface area (TPSA) is 9.23 Å². The highest BCUT2D eigenvalue weighted by Gasteiger charge is 1.74. The van der Waals surface area contributed by atoms with E-state index in [4.69, 9.17) is 4.43 Å². The molecule has 0 fully saturated rings. The van der Waals surface area contributed by atoms with Crippen molar-refractivity contribution in [2.75, 3.05) is 13.3 Å². The van der Waals surface area contributed by atoms with Crippen LogP contribution in [0.2, 0.25) is 0 Å². The fourth-order valence-electron chi connectivity index (χ4n) is 0.204. The summed E-state index contributed by atoms with van der Waals surface area (Å²) in [5.41, 5.74) is 0. The van der Waals surface area contributed by atoms with Crippen LogP contribution in [0.25, 0.3) is 0 Å². The Kier molecular flexibility index (Phi) is 14.8. The second kappa shape index (κ2) is 9.79. The largest absolute Gasteiger partial charge is 0.419 e. The molecule has 0 spiro atoms. The minimum Gasteiger partial charge on any atom is -0.419 e. The highest BCUT2D eigenvalue weighted by molar-refractivity contribution is 7.69. The minimum atomic E-state index is -0.0505. The molecule has 46 valence electrons. The highest BCUT2D eigenvalue weighted by atomic mass is 31.3. The first-order valence-electron chi connectivity index (χ1n) is 2.14. The average molecular weight is 138 g/mol. The molecule has 0 radical (unpaired) electrons. The number of hydrogen-bond acceptors (Lipinski definition) is 1. The fraction of sp³-hybridized carbons (Fsp3) is 1.00. The molecule has 0 bridgehead atoms. The molecule has 1 unspecified atom stereocenters. The molecule has 0 aliphatic rings. The molecule has 0 amide bonds. The molecular formula is C4H15OPSi. The Morgan fingerprint density at radius 1 is 1.71 bits per heavy atom. The first-order valence-corrected chi connectivity index (χ1v) is 6.54. The molecule has 0 aliphatic carbocycles. The van der Waals surface area contributed by atoms with Crippen LogP contribution < -0.4 is 0 Å². The minimum absolute atomic E-state index is 0. The molecule has 0 rings (SSSR count). The SMILES string of the molecule is C.CCO[SiH2]PC. The van der Waals surface area contributed by atoms with E-state index in [2.05, 4.69) is 6.66 Å². The van der Waals surface area contributed by atoms with Crippen molar-refractivity contribution in [3.8, 4) is 0 Å². The molecule has 0 saturated carbocycles. The van der Waals surface area contributed by atoms with E-state index in [0.29, 0.717) is 0 Å². The summed E-state index contributed by atoms with van der Waals surface area (Å²) in [5.74, 6) is 0. The molecule has 0 aromatic carbocycles. The van der Waals surface area contributed by atoms with Gasteiger partial charge in [-0.15, -0.1) is 8.13 Å². The van der Waals surface area contributed by atoms with Gasteiger partial charge in [-0.1, -0.05) is 7.43 Å². The first-order chi connectivity index (χ1) is 2.91. The van der Waals surface area contributed by atoms with Crippen LogP contribution in [0, 0.1) is 0 Å². The van der Waals surface area contributed by atoms with E-state index < -0.39 is 0 Å². The van der Waals surface area contributed by atoms with Crippen LogP contribution in [-0.2, 0) is 4.43 Å². The predicted octanol–water partition coefficient (Wildman–Crippen LogP) is 0.966. The van der Waals surface area contributed by atoms with Gasteiger partial charge in [-0.25, -0.2) is 0 Å². The van der Waals surface area contributed by atoms with Gasteiger partial charge in [0.1, 0.15) is 0 Å². The van der Waals surface area contributed by atoms with Crippen molar-refractivity contribution >= 4 is 17.6 Å². The van der Waals surface area contributed by atoms with Gasteiger partial charge in [-0.2, -0.15) is 0 Å². The Labute approximate surface area is 50.4 Å². The summed E-state index contributed by atoms with van der Waals surface area (Å²) in [7, 11) is 1.03. The predicted molar refractivity (Wildman–Crippen MR) is 41.1 cm³/mol. The zero-order valence-corrected chi connectivity index (χ0v) is 6.74. The Balaban J connectivity index is 0. The van der Waals surface area contributed by atoms with Crippen LogP contribution in [-0.4, -0.2) is 22.7 Å². The Bertz CT molecular complexity index is 23.7. The lowest BCUT2D eigenvalue weighted by Gasteiger charge is -1.91. The molecule has 0 saturated heterocycles. The molecule has 0 N–H and O–H groups in total. The van der Waals surface area contributed by atoms with E-state index in [1.54, 1.807) is 0 Å². The zero-order chi connectivity index (χ0) is 4.83. The smallest absolute Gasteiger partial charge is 0.183 e. The van der Waals surface area contributed by atoms with Gasteiger partial charge in [-0.05, 0) is 13.6 Å². The maximum absolute atomic E-state index is 5.13. The summed E-state index contributed by atoms with van der Waals surface area (Å²) in [5, 5.41) is 0. The molecule has 0 aliphatic heterocycles. The maximum Gasteiger partial charge on any atom is 0.183 e. The third-order valence-electron chi connectivity index (χ3n) is 0.451. The molecule has 0 heterocycles. The van der Waals surface area contributed by atoms with Gasteiger partial charge in [0.25, 0.3) is 0 Å². The molecule has 1 nitrogen and oxygen atoms in total. The Morgan fingerprint density at radius 3 is 2.43 bits per heavy atom. The van der Waals surface area contributed by atoms with Crippen molar-refractivity contribution in [3.63, 3.8) is 0 Å². The van der Waals surface area contributed by atoms with Crippen molar-refractivity contribution in [2.24, 2.45) is 0 Å². The quantitative estimate of drug-likeness (QED) is 0.321. The molecule has 1 atom stereocenters. The second-order valence-corrected chi connectivity index (χ2v) is 5.38. The van der Waals surface area contributed by atoms with Crippen LogP contribution in [0.15, 0.2) is 0 Å². The van der Waals surface area contributed by atoms with Crippen LogP contribution in [0.1, 0.15) is 14.4 Å². The van der Waals surface area contributed by atoms with Crippen LogP contribution in [0.5, 0.6) is 0 Å². The zero-order valence-electron chi connectivity index (χ0n) is 4.32. The Hall–Kier alpha value is 0.607. The molecule has 7 heavy (non-hydrogen) atoms. The van der Waals surface area contributed by atoms with Gasteiger partial charge in [0.2, 0.25) is 0 Å². The average Bonchev–Trinajstić information content (AvgIpc) is 1.61. The summed E-state index contributed by atoms with van der Waals surface area (Å²) in [4.78, 5) is 0. The highest BCUT2D eigenvalue weighted by Crippen LogP contribution is 1.95. The van der Waals surface area contributed by atoms with Crippen molar-refractivity contribution in [3.05, 3.63) is 0 Å². The molecule has 3 heteroatoms. The molecule has 0 aromatic heterocycles. The van der Waals surface area contributed by atoms with E-state index in [0.717, 1.165) is 14.7 Å². The molecular weight excluding hydrogens is 123 g/mol. The third-order valence-corrected chi connectivity index (χ3v) is 2.83. The summed E-state index contributed by atoms with van der Waals surface area (Å²) >= 11 is 0. The van der Waals surface area contributed by atoms with E-state index in [1.165, 1.54) is 0 Å². The van der Waals surface area contributed by atoms with E-state index >= 15 is 0 Å². The lowest BCUT2D eigenvalue weighted by Crippen LogP contribution is -1.88. The first kappa shape index (κ1) is 10.6.